The summed E-state index contributed by atoms with van der Waals surface area (Å²) in [4.78, 5) is 0. The molecule has 0 N–H and O–H groups in total. The summed E-state index contributed by atoms with van der Waals surface area (Å²) < 4.78 is 0. The minimum atomic E-state index is 0. The number of allylic oxidation sites excluding steroid dienone is 4. The molecule has 0 aromatic carbocycles. The molecular formula is C7H11B3Mn. The van der Waals surface area contributed by atoms with Crippen LogP contribution in [-0.4, -0.2) is 22.0 Å². The molecule has 4 heteroatoms. The molecule has 0 bridgehead atoms. The minimum Gasteiger partial charge on any atom is -0.0923 e. The van der Waals surface area contributed by atoms with Crippen molar-refractivity contribution in [3.05, 3.63) is 24.3 Å². The SMILES string of the molecule is C1=CCC=C1.[B][B][B]CC.[Mn]. The van der Waals surface area contributed by atoms with Crippen molar-refractivity contribution in [2.45, 2.75) is 19.7 Å². The Morgan fingerprint density at radius 1 is 1.36 bits per heavy atom. The Morgan fingerprint density at radius 2 is 1.91 bits per heavy atom. The molecule has 0 spiro atoms. The second-order valence-electron chi connectivity index (χ2n) is 1.93. The first-order chi connectivity index (χ1) is 4.91. The first kappa shape index (κ1) is 13.8. The molecule has 0 aromatic rings. The summed E-state index contributed by atoms with van der Waals surface area (Å²) in [5.74, 6) is 0. The molecule has 0 amide bonds. The molecule has 55 valence electrons. The first-order valence-electron chi connectivity index (χ1n) is 3.60. The van der Waals surface area contributed by atoms with E-state index in [2.05, 4.69) is 24.3 Å². The fourth-order valence-electron chi connectivity index (χ4n) is 0.529. The molecule has 1 rings (SSSR count). The Labute approximate surface area is 83.2 Å². The Balaban J connectivity index is 0. The van der Waals surface area contributed by atoms with E-state index in [0.29, 0.717) is 0 Å². The molecule has 0 atom stereocenters. The zero-order valence-electron chi connectivity index (χ0n) is 6.83. The van der Waals surface area contributed by atoms with Crippen molar-refractivity contribution in [2.75, 3.05) is 0 Å². The predicted molar refractivity (Wildman–Crippen MR) is 50.6 cm³/mol. The Morgan fingerprint density at radius 3 is 2.00 bits per heavy atom. The maximum Gasteiger partial charge on any atom is 0.0541 e. The fraction of sp³-hybridized carbons (Fsp3) is 0.429. The third-order valence-electron chi connectivity index (χ3n) is 1.03. The van der Waals surface area contributed by atoms with Gasteiger partial charge in [0.25, 0.3) is 0 Å². The molecule has 0 fully saturated rings. The van der Waals surface area contributed by atoms with Gasteiger partial charge in [0.15, 0.2) is 0 Å². The van der Waals surface area contributed by atoms with Gasteiger partial charge in [0.1, 0.15) is 0 Å². The van der Waals surface area contributed by atoms with Crippen LogP contribution < -0.4 is 0 Å². The van der Waals surface area contributed by atoms with E-state index in [0.717, 1.165) is 12.7 Å². The van der Waals surface area contributed by atoms with Crippen LogP contribution in [0.1, 0.15) is 13.3 Å². The maximum atomic E-state index is 4.96. The number of hydrogen-bond acceptors (Lipinski definition) is 0. The van der Waals surface area contributed by atoms with E-state index in [-0.39, 0.29) is 17.1 Å². The zero-order chi connectivity index (χ0) is 7.66. The largest absolute Gasteiger partial charge is 0.0923 e. The molecule has 1 aliphatic rings. The maximum absolute atomic E-state index is 4.96. The molecule has 0 saturated heterocycles. The average molecular weight is 183 g/mol. The standard InChI is InChI=1S/C5H6.C2H5B3.Mn/c1-2-4-5-3-1;1-2-4-5-3;/h1-4H,5H2;2H2,1H3;. The van der Waals surface area contributed by atoms with Crippen molar-refractivity contribution in [3.8, 4) is 0 Å². The van der Waals surface area contributed by atoms with E-state index in [9.17, 15) is 0 Å². The van der Waals surface area contributed by atoms with Crippen LogP contribution in [0.2, 0.25) is 6.32 Å². The summed E-state index contributed by atoms with van der Waals surface area (Å²) in [6, 6.07) is 0. The topological polar surface area (TPSA) is 0 Å². The van der Waals surface area contributed by atoms with Crippen LogP contribution in [0.4, 0.5) is 0 Å². The van der Waals surface area contributed by atoms with Gasteiger partial charge < -0.3 is 0 Å². The summed E-state index contributed by atoms with van der Waals surface area (Å²) in [5.41, 5.74) is 0. The third-order valence-corrected chi connectivity index (χ3v) is 1.03. The summed E-state index contributed by atoms with van der Waals surface area (Å²) in [6.07, 6.45) is 10.5. The predicted octanol–water partition coefficient (Wildman–Crippen LogP) is 1.33. The second kappa shape index (κ2) is 12.8. The smallest absolute Gasteiger partial charge is 0.0541 e. The van der Waals surface area contributed by atoms with E-state index in [1.807, 2.05) is 14.1 Å². The van der Waals surface area contributed by atoms with Crippen molar-refractivity contribution in [3.63, 3.8) is 0 Å². The quantitative estimate of drug-likeness (QED) is 0.566. The van der Waals surface area contributed by atoms with Gasteiger partial charge >= 0.3 is 0 Å². The molecule has 0 aromatic heterocycles. The molecule has 1 aliphatic carbocycles. The van der Waals surface area contributed by atoms with Crippen molar-refractivity contribution >= 4 is 22.0 Å². The summed E-state index contributed by atoms with van der Waals surface area (Å²) in [6.45, 7) is 2.04. The minimum absolute atomic E-state index is 0. The second-order valence-corrected chi connectivity index (χ2v) is 1.93. The van der Waals surface area contributed by atoms with E-state index in [4.69, 9.17) is 7.74 Å². The number of hydrogen-bond donors (Lipinski definition) is 0. The van der Waals surface area contributed by atoms with Gasteiger partial charge in [-0.25, -0.2) is 0 Å². The zero-order valence-corrected chi connectivity index (χ0v) is 8.01. The van der Waals surface area contributed by atoms with Crippen LogP contribution in [0.25, 0.3) is 0 Å². The van der Waals surface area contributed by atoms with Crippen LogP contribution in [-0.2, 0) is 17.1 Å². The van der Waals surface area contributed by atoms with Gasteiger partial charge in [-0.2, -0.15) is 0 Å². The summed E-state index contributed by atoms with van der Waals surface area (Å²) >= 11 is 0. The van der Waals surface area contributed by atoms with Crippen molar-refractivity contribution in [1.82, 2.24) is 0 Å². The van der Waals surface area contributed by atoms with Crippen LogP contribution in [0.15, 0.2) is 24.3 Å². The van der Waals surface area contributed by atoms with Gasteiger partial charge in [-0.05, 0) is 6.42 Å². The Bertz CT molecular complexity index is 100. The molecule has 11 heavy (non-hydrogen) atoms. The van der Waals surface area contributed by atoms with E-state index < -0.39 is 0 Å². The van der Waals surface area contributed by atoms with Crippen LogP contribution >= 0.6 is 0 Å². The van der Waals surface area contributed by atoms with Gasteiger partial charge in [0.05, 0.1) is 7.17 Å². The molecule has 0 heterocycles. The van der Waals surface area contributed by atoms with Gasteiger partial charge in [0.2, 0.25) is 0 Å². The van der Waals surface area contributed by atoms with Gasteiger partial charge in [-0.1, -0.05) is 37.5 Å². The molecule has 5 radical (unpaired) electrons. The summed E-state index contributed by atoms with van der Waals surface area (Å²) in [7, 11) is 8.42. The van der Waals surface area contributed by atoms with Crippen molar-refractivity contribution in [1.29, 1.82) is 0 Å². The van der Waals surface area contributed by atoms with Crippen LogP contribution in [0, 0.1) is 0 Å². The van der Waals surface area contributed by atoms with E-state index in [1.165, 1.54) is 0 Å². The van der Waals surface area contributed by atoms with Crippen molar-refractivity contribution < 1.29 is 17.1 Å². The molecular weight excluding hydrogens is 171 g/mol. The Hall–Kier alpha value is 0.194. The van der Waals surface area contributed by atoms with Gasteiger partial charge in [-0.3, -0.25) is 0 Å². The first-order valence-corrected chi connectivity index (χ1v) is 3.60. The number of rotatable bonds is 2. The molecule has 0 unspecified atom stereocenters. The van der Waals surface area contributed by atoms with Crippen LogP contribution in [0.5, 0.6) is 0 Å². The third kappa shape index (κ3) is 13.2. The summed E-state index contributed by atoms with van der Waals surface area (Å²) in [5, 5.41) is 0. The fourth-order valence-corrected chi connectivity index (χ4v) is 0.529. The van der Waals surface area contributed by atoms with E-state index >= 15 is 0 Å². The monoisotopic (exact) mass is 183 g/mol. The normalized spacial score (nSPS) is 11.0. The van der Waals surface area contributed by atoms with Crippen molar-refractivity contribution in [2.24, 2.45) is 0 Å². The molecule has 0 aliphatic heterocycles. The van der Waals surface area contributed by atoms with Gasteiger partial charge in [0, 0.05) is 31.9 Å². The molecule has 0 nitrogen and oxygen atoms in total. The molecule has 0 saturated carbocycles. The average Bonchev–Trinajstić information content (AvgIpc) is 2.44. The van der Waals surface area contributed by atoms with Gasteiger partial charge in [-0.15, -0.1) is 0 Å². The Kier molecular flexibility index (Phi) is 16.1. The van der Waals surface area contributed by atoms with E-state index in [1.54, 1.807) is 7.06 Å². The van der Waals surface area contributed by atoms with Crippen LogP contribution in [0.3, 0.4) is 0 Å².